The zero-order valence-electron chi connectivity index (χ0n) is 9.98. The lowest BCUT2D eigenvalue weighted by molar-refractivity contribution is 0.0911. The lowest BCUT2D eigenvalue weighted by atomic mass is 9.69. The van der Waals surface area contributed by atoms with Crippen molar-refractivity contribution >= 4 is 6.03 Å². The second-order valence-corrected chi connectivity index (χ2v) is 5.79. The summed E-state index contributed by atoms with van der Waals surface area (Å²) >= 11 is 0. The Labute approximate surface area is 86.9 Å². The molecule has 0 atom stereocenters. The van der Waals surface area contributed by atoms with Crippen molar-refractivity contribution in [2.75, 3.05) is 19.6 Å². The smallest absolute Gasteiger partial charge is 0.317 e. The van der Waals surface area contributed by atoms with Gasteiger partial charge in [-0.15, -0.1) is 0 Å². The van der Waals surface area contributed by atoms with Crippen molar-refractivity contribution in [1.82, 2.24) is 10.2 Å². The van der Waals surface area contributed by atoms with Crippen LogP contribution >= 0.6 is 0 Å². The average molecular weight is 198 g/mol. The maximum absolute atomic E-state index is 11.4. The van der Waals surface area contributed by atoms with E-state index in [9.17, 15) is 4.79 Å². The first-order valence-corrected chi connectivity index (χ1v) is 5.27. The van der Waals surface area contributed by atoms with Crippen molar-refractivity contribution in [3.63, 3.8) is 0 Å². The number of rotatable bonds is 2. The molecule has 0 radical (unpaired) electrons. The molecule has 1 saturated heterocycles. The van der Waals surface area contributed by atoms with Crippen LogP contribution in [0.15, 0.2) is 0 Å². The SMILES string of the molecule is CC(C)(C)C(C)(C)CN1CCNC1=O. The second kappa shape index (κ2) is 3.44. The summed E-state index contributed by atoms with van der Waals surface area (Å²) in [6.07, 6.45) is 0. The van der Waals surface area contributed by atoms with E-state index in [-0.39, 0.29) is 16.9 Å². The van der Waals surface area contributed by atoms with E-state index < -0.39 is 0 Å². The quantitative estimate of drug-likeness (QED) is 0.724. The van der Waals surface area contributed by atoms with Crippen molar-refractivity contribution in [2.45, 2.75) is 34.6 Å². The number of nitrogens with zero attached hydrogens (tertiary/aromatic N) is 1. The van der Waals surface area contributed by atoms with Gasteiger partial charge in [-0.3, -0.25) is 0 Å². The van der Waals surface area contributed by atoms with Gasteiger partial charge in [-0.2, -0.15) is 0 Å². The molecule has 14 heavy (non-hydrogen) atoms. The number of nitrogens with one attached hydrogen (secondary N) is 1. The molecule has 0 aliphatic carbocycles. The highest BCUT2D eigenvalue weighted by molar-refractivity contribution is 5.76. The Morgan fingerprint density at radius 1 is 1.29 bits per heavy atom. The molecule has 3 heteroatoms. The van der Waals surface area contributed by atoms with Crippen molar-refractivity contribution in [1.29, 1.82) is 0 Å². The van der Waals surface area contributed by atoms with E-state index in [1.165, 1.54) is 0 Å². The maximum atomic E-state index is 11.4. The summed E-state index contributed by atoms with van der Waals surface area (Å²) < 4.78 is 0. The summed E-state index contributed by atoms with van der Waals surface area (Å²) in [7, 11) is 0. The van der Waals surface area contributed by atoms with E-state index in [1.54, 1.807) is 0 Å². The third-order valence-electron chi connectivity index (χ3n) is 3.56. The molecule has 1 rings (SSSR count). The van der Waals surface area contributed by atoms with Gasteiger partial charge in [0.25, 0.3) is 0 Å². The van der Waals surface area contributed by atoms with Gasteiger partial charge in [0, 0.05) is 19.6 Å². The Kier molecular flexibility index (Phi) is 2.79. The minimum atomic E-state index is 0.0855. The van der Waals surface area contributed by atoms with Gasteiger partial charge in [-0.1, -0.05) is 34.6 Å². The summed E-state index contributed by atoms with van der Waals surface area (Å²) in [6.45, 7) is 13.6. The van der Waals surface area contributed by atoms with Gasteiger partial charge >= 0.3 is 6.03 Å². The maximum Gasteiger partial charge on any atom is 0.317 e. The van der Waals surface area contributed by atoms with Gasteiger partial charge in [-0.25, -0.2) is 4.79 Å². The molecule has 0 saturated carbocycles. The normalized spacial score (nSPS) is 18.6. The molecule has 82 valence electrons. The van der Waals surface area contributed by atoms with E-state index in [1.807, 2.05) is 4.90 Å². The van der Waals surface area contributed by atoms with E-state index >= 15 is 0 Å². The van der Waals surface area contributed by atoms with Gasteiger partial charge in [0.2, 0.25) is 0 Å². The highest BCUT2D eigenvalue weighted by Gasteiger charge is 2.36. The molecular formula is C11H22N2O. The van der Waals surface area contributed by atoms with Crippen molar-refractivity contribution < 1.29 is 4.79 Å². The number of carbonyl (C=O) groups is 1. The van der Waals surface area contributed by atoms with Crippen molar-refractivity contribution in [2.24, 2.45) is 10.8 Å². The van der Waals surface area contributed by atoms with Gasteiger partial charge < -0.3 is 10.2 Å². The molecule has 0 aromatic heterocycles. The molecule has 2 amide bonds. The van der Waals surface area contributed by atoms with Crippen molar-refractivity contribution in [3.8, 4) is 0 Å². The number of hydrogen-bond donors (Lipinski definition) is 1. The largest absolute Gasteiger partial charge is 0.336 e. The fraction of sp³-hybridized carbons (Fsp3) is 0.909. The molecule has 0 aromatic carbocycles. The monoisotopic (exact) mass is 198 g/mol. The predicted octanol–water partition coefficient (Wildman–Crippen LogP) is 2.08. The fourth-order valence-electron chi connectivity index (χ4n) is 1.38. The summed E-state index contributed by atoms with van der Waals surface area (Å²) in [5.74, 6) is 0. The van der Waals surface area contributed by atoms with Crippen molar-refractivity contribution in [3.05, 3.63) is 0 Å². The van der Waals surface area contributed by atoms with Crippen LogP contribution in [0.4, 0.5) is 4.79 Å². The molecule has 1 fully saturated rings. The fourth-order valence-corrected chi connectivity index (χ4v) is 1.38. The Hall–Kier alpha value is -0.730. The first-order valence-electron chi connectivity index (χ1n) is 5.27. The van der Waals surface area contributed by atoms with Crippen LogP contribution in [0, 0.1) is 10.8 Å². The van der Waals surface area contributed by atoms with Crippen LogP contribution in [0.2, 0.25) is 0 Å². The number of hydrogen-bond acceptors (Lipinski definition) is 1. The molecule has 1 heterocycles. The first kappa shape index (κ1) is 11.3. The Morgan fingerprint density at radius 2 is 1.86 bits per heavy atom. The lowest BCUT2D eigenvalue weighted by Crippen LogP contribution is -2.43. The van der Waals surface area contributed by atoms with E-state index in [0.29, 0.717) is 0 Å². The van der Waals surface area contributed by atoms with Gasteiger partial charge in [0.05, 0.1) is 0 Å². The summed E-state index contributed by atoms with van der Waals surface area (Å²) in [5, 5.41) is 2.83. The molecule has 0 spiro atoms. The molecule has 1 aliphatic rings. The van der Waals surface area contributed by atoms with E-state index in [4.69, 9.17) is 0 Å². The Morgan fingerprint density at radius 3 is 2.21 bits per heavy atom. The predicted molar refractivity (Wildman–Crippen MR) is 58.2 cm³/mol. The Balaban J connectivity index is 2.63. The summed E-state index contributed by atoms with van der Waals surface area (Å²) in [5.41, 5.74) is 0.366. The zero-order chi connectivity index (χ0) is 11.0. The molecule has 1 aliphatic heterocycles. The first-order chi connectivity index (χ1) is 6.24. The van der Waals surface area contributed by atoms with E-state index in [2.05, 4.69) is 39.9 Å². The molecule has 0 unspecified atom stereocenters. The van der Waals surface area contributed by atoms with Crippen LogP contribution in [0.25, 0.3) is 0 Å². The van der Waals surface area contributed by atoms with Crippen LogP contribution in [0.5, 0.6) is 0 Å². The summed E-state index contributed by atoms with van der Waals surface area (Å²) in [4.78, 5) is 13.3. The number of carbonyl (C=O) groups excluding carboxylic acids is 1. The molecule has 0 bridgehead atoms. The number of urea groups is 1. The average Bonchev–Trinajstić information content (AvgIpc) is 2.33. The van der Waals surface area contributed by atoms with Crippen LogP contribution in [0.3, 0.4) is 0 Å². The second-order valence-electron chi connectivity index (χ2n) is 5.79. The lowest BCUT2D eigenvalue weighted by Gasteiger charge is -2.41. The van der Waals surface area contributed by atoms with Crippen LogP contribution in [-0.2, 0) is 0 Å². The minimum Gasteiger partial charge on any atom is -0.336 e. The highest BCUT2D eigenvalue weighted by Crippen LogP contribution is 2.38. The Bertz CT molecular complexity index is 228. The molecular weight excluding hydrogens is 176 g/mol. The number of amides is 2. The minimum absolute atomic E-state index is 0.0855. The summed E-state index contributed by atoms with van der Waals surface area (Å²) in [6, 6.07) is 0.0855. The zero-order valence-corrected chi connectivity index (χ0v) is 9.98. The third kappa shape index (κ3) is 2.20. The highest BCUT2D eigenvalue weighted by atomic mass is 16.2. The van der Waals surface area contributed by atoms with E-state index in [0.717, 1.165) is 19.6 Å². The third-order valence-corrected chi connectivity index (χ3v) is 3.56. The molecule has 0 aromatic rings. The molecule has 1 N–H and O–H groups in total. The topological polar surface area (TPSA) is 32.3 Å². The van der Waals surface area contributed by atoms with Crippen LogP contribution in [0.1, 0.15) is 34.6 Å². The standard InChI is InChI=1S/C11H22N2O/c1-10(2,3)11(4,5)8-13-7-6-12-9(13)14/h6-8H2,1-5H3,(H,12,14). The van der Waals surface area contributed by atoms with Gasteiger partial charge in [0.1, 0.15) is 0 Å². The van der Waals surface area contributed by atoms with Crippen LogP contribution in [-0.4, -0.2) is 30.6 Å². The van der Waals surface area contributed by atoms with Gasteiger partial charge in [0.15, 0.2) is 0 Å². The van der Waals surface area contributed by atoms with Gasteiger partial charge in [-0.05, 0) is 10.8 Å². The van der Waals surface area contributed by atoms with Crippen LogP contribution < -0.4 is 5.32 Å². The molecule has 3 nitrogen and oxygen atoms in total.